The zero-order valence-electron chi connectivity index (χ0n) is 43.0. The Morgan fingerprint density at radius 3 is 1.19 bits per heavy atom. The molecule has 1 aromatic heterocycles. The summed E-state index contributed by atoms with van der Waals surface area (Å²) < 4.78 is 0. The van der Waals surface area contributed by atoms with Gasteiger partial charge in [0.05, 0.1) is 5.69 Å². The molecule has 3 nitrogen and oxygen atoms in total. The fourth-order valence-corrected chi connectivity index (χ4v) is 11.9. The van der Waals surface area contributed by atoms with E-state index in [-0.39, 0.29) is 28.4 Å². The van der Waals surface area contributed by atoms with E-state index in [1.807, 2.05) is 12.3 Å². The first-order valence-electron chi connectivity index (χ1n) is 26.0. The molecule has 3 heterocycles. The number of benzene rings is 5. The van der Waals surface area contributed by atoms with Gasteiger partial charge in [-0.25, -0.2) is 0 Å². The van der Waals surface area contributed by atoms with E-state index in [0.29, 0.717) is 11.8 Å². The van der Waals surface area contributed by atoms with Gasteiger partial charge in [0.1, 0.15) is 0 Å². The third-order valence-electron chi connectivity index (χ3n) is 16.0. The number of hydrogen-bond acceptors (Lipinski definition) is 3. The molecule has 67 heavy (non-hydrogen) atoms. The normalized spacial score (nSPS) is 17.0. The maximum atomic E-state index is 5.07. The Kier molecular flexibility index (Phi) is 11.5. The van der Waals surface area contributed by atoms with Crippen molar-refractivity contribution in [1.82, 2.24) is 4.98 Å². The van der Waals surface area contributed by atoms with Crippen LogP contribution in [0.2, 0.25) is 0 Å². The summed E-state index contributed by atoms with van der Waals surface area (Å²) in [6.07, 6.45) is 15.1. The topological polar surface area (TPSA) is 19.4 Å². The van der Waals surface area contributed by atoms with Gasteiger partial charge in [-0.15, -0.1) is 0 Å². The van der Waals surface area contributed by atoms with Gasteiger partial charge < -0.3 is 9.80 Å². The van der Waals surface area contributed by atoms with Crippen molar-refractivity contribution in [2.75, 3.05) is 9.80 Å². The van der Waals surface area contributed by atoms with Gasteiger partial charge in [-0.2, -0.15) is 0 Å². The van der Waals surface area contributed by atoms with Crippen LogP contribution >= 0.6 is 0 Å². The maximum Gasteiger partial charge on any atom is 0.252 e. The predicted octanol–water partition coefficient (Wildman–Crippen LogP) is 16.1. The molecule has 2 fully saturated rings. The Hall–Kier alpha value is -5.09. The van der Waals surface area contributed by atoms with Crippen LogP contribution in [0.3, 0.4) is 0 Å². The van der Waals surface area contributed by atoms with Crippen molar-refractivity contribution in [2.45, 2.75) is 181 Å². The second-order valence-corrected chi connectivity index (χ2v) is 25.1. The molecule has 10 rings (SSSR count). The maximum absolute atomic E-state index is 5.07. The van der Waals surface area contributed by atoms with Gasteiger partial charge in [0.15, 0.2) is 0 Å². The van der Waals surface area contributed by atoms with E-state index >= 15 is 0 Å². The van der Waals surface area contributed by atoms with E-state index in [1.54, 1.807) is 0 Å². The highest BCUT2D eigenvalue weighted by Crippen LogP contribution is 2.49. The number of pyridine rings is 1. The van der Waals surface area contributed by atoms with Crippen LogP contribution in [0.1, 0.15) is 193 Å². The Balaban J connectivity index is 1.35. The number of hydrogen-bond donors (Lipinski definition) is 0. The van der Waals surface area contributed by atoms with E-state index < -0.39 is 0 Å². The Morgan fingerprint density at radius 2 is 0.836 bits per heavy atom. The average Bonchev–Trinajstić information content (AvgIpc) is 3.30. The number of fused-ring (bicyclic) bond motifs is 4. The van der Waals surface area contributed by atoms with Crippen molar-refractivity contribution in [3.8, 4) is 11.3 Å². The molecule has 4 heteroatoms. The summed E-state index contributed by atoms with van der Waals surface area (Å²) in [4.78, 5) is 10.4. The molecule has 2 aliphatic carbocycles. The van der Waals surface area contributed by atoms with Crippen LogP contribution in [-0.2, 0) is 21.7 Å². The molecule has 0 atom stereocenters. The summed E-state index contributed by atoms with van der Waals surface area (Å²) in [5.74, 6) is 1.20. The third-order valence-corrected chi connectivity index (χ3v) is 16.0. The lowest BCUT2D eigenvalue weighted by molar-refractivity contribution is 0.444. The van der Waals surface area contributed by atoms with Crippen LogP contribution in [0.4, 0.5) is 34.1 Å². The van der Waals surface area contributed by atoms with Crippen molar-refractivity contribution >= 4 is 57.2 Å². The lowest BCUT2D eigenvalue weighted by Crippen LogP contribution is -2.61. The third kappa shape index (κ3) is 8.59. The number of nitrogens with zero attached hydrogens (tertiary/aromatic N) is 3. The van der Waals surface area contributed by atoms with Crippen molar-refractivity contribution in [3.63, 3.8) is 0 Å². The smallest absolute Gasteiger partial charge is 0.252 e. The van der Waals surface area contributed by atoms with Gasteiger partial charge in [0.2, 0.25) is 0 Å². The van der Waals surface area contributed by atoms with Crippen LogP contribution in [0.15, 0.2) is 109 Å². The Morgan fingerprint density at radius 1 is 0.433 bits per heavy atom. The van der Waals surface area contributed by atoms with Gasteiger partial charge in [-0.05, 0) is 170 Å². The van der Waals surface area contributed by atoms with E-state index in [1.165, 1.54) is 148 Å². The highest BCUT2D eigenvalue weighted by Gasteiger charge is 2.45. The van der Waals surface area contributed by atoms with Crippen LogP contribution in [-0.4, -0.2) is 11.7 Å². The first-order chi connectivity index (χ1) is 31.7. The molecule has 2 saturated carbocycles. The molecular weight excluding hydrogens is 810 g/mol. The van der Waals surface area contributed by atoms with Crippen LogP contribution in [0, 0.1) is 0 Å². The Bertz CT molecular complexity index is 2580. The van der Waals surface area contributed by atoms with Gasteiger partial charge in [-0.1, -0.05) is 164 Å². The number of rotatable bonds is 5. The standard InChI is InChI=1S/C63H76BN3/c1-60(2,3)46-35-47(61(4,5)6)38-50(37-46)66-55-28-26-43(41-21-15-13-16-22-41)31-52(55)64-53-32-44(42-23-17-14-18-24-42)27-29-56(53)67(51-39-48(62(7,8)9)36-49(40-51)63(10,11)12)58-34-45(33-57(66)59(58)64)54-25-19-20-30-65-54/h19-20,25-42H,13-18,21-24H2,1-12H3. The van der Waals surface area contributed by atoms with E-state index in [4.69, 9.17) is 4.98 Å². The van der Waals surface area contributed by atoms with Gasteiger partial charge in [0, 0.05) is 45.9 Å². The molecule has 346 valence electrons. The minimum atomic E-state index is -0.0364. The Labute approximate surface area is 404 Å². The second kappa shape index (κ2) is 16.9. The average molecular weight is 886 g/mol. The SMILES string of the molecule is CC(C)(C)c1cc(N2c3ccc(C4CCCCC4)cc3B3c4cc(C5CCCCC5)ccc4N(c4cc(C(C)(C)C)cc(C(C)(C)C)c4)c4cc(-c5ccccn5)cc2c43)cc(C(C)(C)C)c1. The molecule has 0 saturated heterocycles. The molecule has 5 aromatic carbocycles. The molecule has 0 bridgehead atoms. The van der Waals surface area contributed by atoms with Crippen LogP contribution in [0.25, 0.3) is 11.3 Å². The lowest BCUT2D eigenvalue weighted by Gasteiger charge is -2.45. The lowest BCUT2D eigenvalue weighted by atomic mass is 9.33. The van der Waals surface area contributed by atoms with Gasteiger partial charge in [-0.3, -0.25) is 4.98 Å². The summed E-state index contributed by atoms with van der Waals surface area (Å²) in [6, 6.07) is 41.8. The molecule has 0 amide bonds. The fraction of sp³-hybridized carbons (Fsp3) is 0.444. The van der Waals surface area contributed by atoms with Gasteiger partial charge in [0.25, 0.3) is 6.71 Å². The fourth-order valence-electron chi connectivity index (χ4n) is 11.9. The van der Waals surface area contributed by atoms with Crippen LogP contribution in [0.5, 0.6) is 0 Å². The molecule has 0 N–H and O–H groups in total. The highest BCUT2D eigenvalue weighted by atomic mass is 15.2. The predicted molar refractivity (Wildman–Crippen MR) is 290 cm³/mol. The van der Waals surface area contributed by atoms with E-state index in [2.05, 4.69) is 190 Å². The van der Waals surface area contributed by atoms with E-state index in [0.717, 1.165) is 11.3 Å². The summed E-state index contributed by atoms with van der Waals surface area (Å²) in [6.45, 7) is 28.5. The molecule has 4 aliphatic rings. The second-order valence-electron chi connectivity index (χ2n) is 25.1. The minimum Gasteiger partial charge on any atom is -0.311 e. The van der Waals surface area contributed by atoms with Crippen molar-refractivity contribution in [3.05, 3.63) is 143 Å². The zero-order valence-corrected chi connectivity index (χ0v) is 43.0. The summed E-state index contributed by atoms with van der Waals surface area (Å²) >= 11 is 0. The van der Waals surface area contributed by atoms with Crippen LogP contribution < -0.4 is 26.2 Å². The monoisotopic (exact) mass is 886 g/mol. The van der Waals surface area contributed by atoms with Crippen molar-refractivity contribution in [1.29, 1.82) is 0 Å². The first kappa shape index (κ1) is 45.7. The molecule has 0 unspecified atom stereocenters. The molecule has 0 spiro atoms. The van der Waals surface area contributed by atoms with E-state index in [9.17, 15) is 0 Å². The largest absolute Gasteiger partial charge is 0.311 e. The summed E-state index contributed by atoms with van der Waals surface area (Å²) in [5.41, 5.74) is 22.4. The number of anilines is 6. The zero-order chi connectivity index (χ0) is 47.2. The van der Waals surface area contributed by atoms with Crippen molar-refractivity contribution < 1.29 is 0 Å². The number of aromatic nitrogens is 1. The molecular formula is C63H76BN3. The minimum absolute atomic E-state index is 0.0364. The quantitative estimate of drug-likeness (QED) is 0.161. The molecule has 2 aliphatic heterocycles. The van der Waals surface area contributed by atoms with Crippen molar-refractivity contribution in [2.24, 2.45) is 0 Å². The summed E-state index contributed by atoms with van der Waals surface area (Å²) in [5, 5.41) is 0. The molecule has 6 aromatic rings. The van der Waals surface area contributed by atoms with Gasteiger partial charge >= 0.3 is 0 Å². The first-order valence-corrected chi connectivity index (χ1v) is 26.0. The highest BCUT2D eigenvalue weighted by molar-refractivity contribution is 7.00. The molecule has 0 radical (unpaired) electrons. The summed E-state index contributed by atoms with van der Waals surface area (Å²) in [7, 11) is 0.